The summed E-state index contributed by atoms with van der Waals surface area (Å²) in [5.41, 5.74) is -0.815. The Bertz CT molecular complexity index is 476. The summed E-state index contributed by atoms with van der Waals surface area (Å²) in [6.45, 7) is 1.88. The third kappa shape index (κ3) is 3.37. The third-order valence-electron chi connectivity index (χ3n) is 3.05. The zero-order valence-electron chi connectivity index (χ0n) is 10.2. The summed E-state index contributed by atoms with van der Waals surface area (Å²) in [6, 6.07) is 1.32. The van der Waals surface area contributed by atoms with Crippen LogP contribution in [0.3, 0.4) is 0 Å². The van der Waals surface area contributed by atoms with Crippen molar-refractivity contribution < 1.29 is 18.4 Å². The largest absolute Gasteiger partial charge is 0.486 e. The summed E-state index contributed by atoms with van der Waals surface area (Å²) in [5, 5.41) is 13.9. The van der Waals surface area contributed by atoms with Crippen LogP contribution in [0.15, 0.2) is 12.1 Å². The zero-order valence-corrected chi connectivity index (χ0v) is 10.2. The summed E-state index contributed by atoms with van der Waals surface area (Å²) < 4.78 is 31.7. The normalized spacial score (nSPS) is 19.2. The monoisotopic (exact) mass is 272 g/mol. The lowest BCUT2D eigenvalue weighted by molar-refractivity contribution is -0.388. The van der Waals surface area contributed by atoms with E-state index in [-0.39, 0.29) is 18.3 Å². The fourth-order valence-electron chi connectivity index (χ4n) is 2.10. The van der Waals surface area contributed by atoms with Crippen LogP contribution in [0.5, 0.6) is 5.75 Å². The Morgan fingerprint density at radius 1 is 1.47 bits per heavy atom. The van der Waals surface area contributed by atoms with Crippen LogP contribution in [0.1, 0.15) is 12.8 Å². The first-order valence-corrected chi connectivity index (χ1v) is 6.05. The van der Waals surface area contributed by atoms with Gasteiger partial charge in [0.05, 0.1) is 11.5 Å². The second kappa shape index (κ2) is 5.92. The lowest BCUT2D eigenvalue weighted by atomic mass is 10.0. The molecule has 1 aliphatic heterocycles. The smallest absolute Gasteiger partial charge is 0.346 e. The molecule has 0 aromatic heterocycles. The van der Waals surface area contributed by atoms with Gasteiger partial charge in [0.2, 0.25) is 11.6 Å². The zero-order chi connectivity index (χ0) is 13.8. The van der Waals surface area contributed by atoms with E-state index < -0.39 is 22.2 Å². The third-order valence-corrected chi connectivity index (χ3v) is 3.05. The standard InChI is InChI=1S/C12H14F2N2O3/c13-9-4-10(14)12(16(17)18)11(5-9)19-7-8-2-1-3-15-6-8/h4-5,8,15H,1-3,6-7H2. The Morgan fingerprint density at radius 3 is 2.89 bits per heavy atom. The van der Waals surface area contributed by atoms with Gasteiger partial charge in [-0.3, -0.25) is 10.1 Å². The molecule has 1 unspecified atom stereocenters. The van der Waals surface area contributed by atoms with Gasteiger partial charge in [-0.25, -0.2) is 4.39 Å². The minimum absolute atomic E-state index is 0.194. The lowest BCUT2D eigenvalue weighted by Gasteiger charge is -2.22. The average molecular weight is 272 g/mol. The predicted molar refractivity (Wildman–Crippen MR) is 64.1 cm³/mol. The summed E-state index contributed by atoms with van der Waals surface area (Å²) >= 11 is 0. The number of nitrogens with zero attached hydrogens (tertiary/aromatic N) is 1. The van der Waals surface area contributed by atoms with E-state index >= 15 is 0 Å². The Hall–Kier alpha value is -1.76. The van der Waals surface area contributed by atoms with Crippen molar-refractivity contribution in [1.29, 1.82) is 0 Å². The number of rotatable bonds is 4. The first-order chi connectivity index (χ1) is 9.08. The van der Waals surface area contributed by atoms with Crippen LogP contribution in [-0.4, -0.2) is 24.6 Å². The molecule has 5 nitrogen and oxygen atoms in total. The van der Waals surface area contributed by atoms with Gasteiger partial charge in [0.15, 0.2) is 0 Å². The van der Waals surface area contributed by atoms with E-state index in [2.05, 4.69) is 5.32 Å². The van der Waals surface area contributed by atoms with Crippen molar-refractivity contribution in [3.8, 4) is 5.75 Å². The van der Waals surface area contributed by atoms with Crippen molar-refractivity contribution in [2.75, 3.05) is 19.7 Å². The van der Waals surface area contributed by atoms with E-state index in [4.69, 9.17) is 4.74 Å². The molecule has 0 amide bonds. The SMILES string of the molecule is O=[N+]([O-])c1c(F)cc(F)cc1OCC1CCCNC1. The minimum Gasteiger partial charge on any atom is -0.486 e. The van der Waals surface area contributed by atoms with Gasteiger partial charge in [-0.1, -0.05) is 0 Å². The van der Waals surface area contributed by atoms with E-state index in [1.54, 1.807) is 0 Å². The van der Waals surface area contributed by atoms with Crippen molar-refractivity contribution in [3.63, 3.8) is 0 Å². The van der Waals surface area contributed by atoms with Crippen molar-refractivity contribution in [2.45, 2.75) is 12.8 Å². The molecule has 0 saturated carbocycles. The summed E-state index contributed by atoms with van der Waals surface area (Å²) in [7, 11) is 0. The number of ether oxygens (including phenoxy) is 1. The van der Waals surface area contributed by atoms with Crippen LogP contribution in [0.25, 0.3) is 0 Å². The van der Waals surface area contributed by atoms with Crippen LogP contribution in [0.4, 0.5) is 14.5 Å². The van der Waals surface area contributed by atoms with Crippen molar-refractivity contribution in [2.24, 2.45) is 5.92 Å². The molecule has 0 radical (unpaired) electrons. The second-order valence-electron chi connectivity index (χ2n) is 4.51. The molecule has 1 atom stereocenters. The Morgan fingerprint density at radius 2 is 2.26 bits per heavy atom. The maximum Gasteiger partial charge on any atom is 0.346 e. The number of hydrogen-bond acceptors (Lipinski definition) is 4. The highest BCUT2D eigenvalue weighted by molar-refractivity contribution is 5.47. The fraction of sp³-hybridized carbons (Fsp3) is 0.500. The molecular weight excluding hydrogens is 258 g/mol. The second-order valence-corrected chi connectivity index (χ2v) is 4.51. The highest BCUT2D eigenvalue weighted by atomic mass is 19.1. The van der Waals surface area contributed by atoms with Gasteiger partial charge in [0.25, 0.3) is 0 Å². The lowest BCUT2D eigenvalue weighted by Crippen LogP contribution is -2.33. The Balaban J connectivity index is 2.12. The molecule has 1 saturated heterocycles. The van der Waals surface area contributed by atoms with Gasteiger partial charge < -0.3 is 10.1 Å². The van der Waals surface area contributed by atoms with Crippen LogP contribution in [0, 0.1) is 27.7 Å². The van der Waals surface area contributed by atoms with Gasteiger partial charge in [-0.2, -0.15) is 4.39 Å². The molecule has 0 aliphatic carbocycles. The van der Waals surface area contributed by atoms with Gasteiger partial charge in [0, 0.05) is 24.6 Å². The van der Waals surface area contributed by atoms with Gasteiger partial charge in [-0.05, 0) is 19.4 Å². The molecule has 1 N–H and O–H groups in total. The first-order valence-electron chi connectivity index (χ1n) is 6.05. The van der Waals surface area contributed by atoms with E-state index in [0.717, 1.165) is 32.0 Å². The van der Waals surface area contributed by atoms with Gasteiger partial charge >= 0.3 is 5.69 Å². The van der Waals surface area contributed by atoms with Crippen molar-refractivity contribution in [3.05, 3.63) is 33.9 Å². The molecule has 1 heterocycles. The molecular formula is C12H14F2N2O3. The molecule has 2 rings (SSSR count). The molecule has 0 spiro atoms. The topological polar surface area (TPSA) is 64.4 Å². The maximum absolute atomic E-state index is 13.4. The van der Waals surface area contributed by atoms with Crippen LogP contribution < -0.4 is 10.1 Å². The fourth-order valence-corrected chi connectivity index (χ4v) is 2.10. The Labute approximate surface area is 108 Å². The van der Waals surface area contributed by atoms with Crippen molar-refractivity contribution in [1.82, 2.24) is 5.32 Å². The highest BCUT2D eigenvalue weighted by Gasteiger charge is 2.24. The molecule has 19 heavy (non-hydrogen) atoms. The number of benzene rings is 1. The number of nitro benzene ring substituents is 1. The summed E-state index contributed by atoms with van der Waals surface area (Å²) in [5.74, 6) is -2.27. The number of hydrogen-bond donors (Lipinski definition) is 1. The van der Waals surface area contributed by atoms with E-state index in [9.17, 15) is 18.9 Å². The van der Waals surface area contributed by atoms with Crippen LogP contribution in [-0.2, 0) is 0 Å². The minimum atomic E-state index is -1.22. The number of halogens is 2. The number of nitro groups is 1. The van der Waals surface area contributed by atoms with Gasteiger partial charge in [0.1, 0.15) is 5.82 Å². The van der Waals surface area contributed by atoms with Crippen molar-refractivity contribution >= 4 is 5.69 Å². The Kier molecular flexibility index (Phi) is 4.26. The summed E-state index contributed by atoms with van der Waals surface area (Å²) in [6.07, 6.45) is 1.92. The predicted octanol–water partition coefficient (Wildman–Crippen LogP) is 2.25. The van der Waals surface area contributed by atoms with E-state index in [0.29, 0.717) is 6.07 Å². The molecule has 1 aliphatic rings. The van der Waals surface area contributed by atoms with E-state index in [1.165, 1.54) is 0 Å². The van der Waals surface area contributed by atoms with Crippen LogP contribution >= 0.6 is 0 Å². The number of piperidine rings is 1. The molecule has 104 valence electrons. The summed E-state index contributed by atoms with van der Waals surface area (Å²) in [4.78, 5) is 9.86. The average Bonchev–Trinajstić information content (AvgIpc) is 2.36. The molecule has 1 aromatic carbocycles. The molecule has 7 heteroatoms. The van der Waals surface area contributed by atoms with Gasteiger partial charge in [-0.15, -0.1) is 0 Å². The number of nitrogens with one attached hydrogen (secondary N) is 1. The highest BCUT2D eigenvalue weighted by Crippen LogP contribution is 2.31. The molecule has 1 fully saturated rings. The van der Waals surface area contributed by atoms with Crippen LogP contribution in [0.2, 0.25) is 0 Å². The molecule has 1 aromatic rings. The maximum atomic E-state index is 13.4. The quantitative estimate of drug-likeness (QED) is 0.674. The molecule has 0 bridgehead atoms. The first kappa shape index (κ1) is 13.7. The van der Waals surface area contributed by atoms with E-state index in [1.807, 2.05) is 0 Å².